The number of carbonyl (C=O) groups excluding carboxylic acids is 1. The first-order valence-electron chi connectivity index (χ1n) is 7.67. The van der Waals surface area contributed by atoms with E-state index in [9.17, 15) is 9.90 Å². The van der Waals surface area contributed by atoms with Gasteiger partial charge in [0, 0.05) is 10.9 Å². The van der Waals surface area contributed by atoms with Crippen LogP contribution >= 0.6 is 15.9 Å². The number of rotatable bonds is 6. The highest BCUT2D eigenvalue weighted by atomic mass is 79.9. The molecule has 0 spiro atoms. The molecule has 23 heavy (non-hydrogen) atoms. The molecule has 0 heterocycles. The molecule has 122 valence electrons. The Balaban J connectivity index is 1.83. The van der Waals surface area contributed by atoms with Crippen molar-refractivity contribution < 1.29 is 9.90 Å². The summed E-state index contributed by atoms with van der Waals surface area (Å²) in [5, 5.41) is 13.3. The van der Waals surface area contributed by atoms with Gasteiger partial charge in [0.25, 0.3) is 0 Å². The zero-order chi connectivity index (χ0) is 16.9. The van der Waals surface area contributed by atoms with Gasteiger partial charge >= 0.3 is 0 Å². The van der Waals surface area contributed by atoms with E-state index in [1.165, 1.54) is 5.56 Å². The topological polar surface area (TPSA) is 49.3 Å². The SMILES string of the molecule is Cc1ccc(CCC(=O)NCC(C)(O)c2ccc(Br)cc2)cc1. The van der Waals surface area contributed by atoms with Gasteiger partial charge in [-0.05, 0) is 43.5 Å². The first-order valence-corrected chi connectivity index (χ1v) is 8.47. The second-order valence-corrected chi connectivity index (χ2v) is 6.96. The number of benzene rings is 2. The Morgan fingerprint density at radius 1 is 1.13 bits per heavy atom. The van der Waals surface area contributed by atoms with Crippen molar-refractivity contribution in [3.63, 3.8) is 0 Å². The third kappa shape index (κ3) is 5.48. The summed E-state index contributed by atoms with van der Waals surface area (Å²) in [4.78, 5) is 12.0. The first-order chi connectivity index (χ1) is 10.9. The van der Waals surface area contributed by atoms with E-state index in [0.29, 0.717) is 12.8 Å². The summed E-state index contributed by atoms with van der Waals surface area (Å²) in [6, 6.07) is 15.6. The van der Waals surface area contributed by atoms with Crippen molar-refractivity contribution in [3.05, 3.63) is 69.7 Å². The maximum absolute atomic E-state index is 12.0. The second-order valence-electron chi connectivity index (χ2n) is 6.04. The molecule has 1 unspecified atom stereocenters. The van der Waals surface area contributed by atoms with Crippen LogP contribution in [0, 0.1) is 6.92 Å². The van der Waals surface area contributed by atoms with Crippen LogP contribution in [0.5, 0.6) is 0 Å². The van der Waals surface area contributed by atoms with Gasteiger partial charge in [-0.15, -0.1) is 0 Å². The quantitative estimate of drug-likeness (QED) is 0.808. The van der Waals surface area contributed by atoms with Crippen LogP contribution in [0.15, 0.2) is 53.0 Å². The van der Waals surface area contributed by atoms with Gasteiger partial charge in [-0.25, -0.2) is 0 Å². The lowest BCUT2D eigenvalue weighted by Gasteiger charge is -2.24. The van der Waals surface area contributed by atoms with Gasteiger partial charge in [-0.3, -0.25) is 4.79 Å². The Morgan fingerprint density at radius 2 is 1.74 bits per heavy atom. The number of hydrogen-bond acceptors (Lipinski definition) is 2. The van der Waals surface area contributed by atoms with E-state index in [2.05, 4.69) is 21.2 Å². The Bertz CT molecular complexity index is 648. The molecule has 0 aromatic heterocycles. The molecule has 1 atom stereocenters. The van der Waals surface area contributed by atoms with E-state index >= 15 is 0 Å². The number of aryl methyl sites for hydroxylation is 2. The van der Waals surface area contributed by atoms with Gasteiger partial charge in [-0.1, -0.05) is 57.9 Å². The maximum atomic E-state index is 12.0. The fourth-order valence-electron chi connectivity index (χ4n) is 2.28. The van der Waals surface area contributed by atoms with Crippen LogP contribution in [0.4, 0.5) is 0 Å². The standard InChI is InChI=1S/C19H22BrNO2/c1-14-3-5-15(6-4-14)7-12-18(22)21-13-19(2,23)16-8-10-17(20)11-9-16/h3-6,8-11,23H,7,12-13H2,1-2H3,(H,21,22). The minimum Gasteiger partial charge on any atom is -0.384 e. The number of amides is 1. The van der Waals surface area contributed by atoms with Gasteiger partial charge in [0.2, 0.25) is 5.91 Å². The fraction of sp³-hybridized carbons (Fsp3) is 0.316. The van der Waals surface area contributed by atoms with Crippen molar-refractivity contribution >= 4 is 21.8 Å². The zero-order valence-corrected chi connectivity index (χ0v) is 15.1. The minimum atomic E-state index is -1.08. The summed E-state index contributed by atoms with van der Waals surface area (Å²) < 4.78 is 0.958. The summed E-state index contributed by atoms with van der Waals surface area (Å²) >= 11 is 3.37. The smallest absolute Gasteiger partial charge is 0.220 e. The minimum absolute atomic E-state index is 0.0528. The van der Waals surface area contributed by atoms with Crippen LogP contribution in [0.2, 0.25) is 0 Å². The zero-order valence-electron chi connectivity index (χ0n) is 13.5. The monoisotopic (exact) mass is 375 g/mol. The fourth-order valence-corrected chi connectivity index (χ4v) is 2.55. The molecule has 0 aliphatic carbocycles. The molecular weight excluding hydrogens is 354 g/mol. The molecule has 4 heteroatoms. The number of nitrogens with one attached hydrogen (secondary N) is 1. The molecule has 1 amide bonds. The van der Waals surface area contributed by atoms with Crippen LogP contribution in [0.25, 0.3) is 0 Å². The normalized spacial score (nSPS) is 13.4. The van der Waals surface area contributed by atoms with Gasteiger partial charge in [0.05, 0.1) is 6.54 Å². The third-order valence-electron chi connectivity index (χ3n) is 3.86. The van der Waals surface area contributed by atoms with E-state index in [4.69, 9.17) is 0 Å². The van der Waals surface area contributed by atoms with Gasteiger partial charge in [-0.2, -0.15) is 0 Å². The summed E-state index contributed by atoms with van der Waals surface area (Å²) in [6.45, 7) is 3.94. The lowest BCUT2D eigenvalue weighted by Crippen LogP contribution is -2.38. The van der Waals surface area contributed by atoms with Crippen LogP contribution in [0.1, 0.15) is 30.0 Å². The second kappa shape index (κ2) is 7.75. The van der Waals surface area contributed by atoms with Crippen molar-refractivity contribution in [1.29, 1.82) is 0 Å². The molecule has 2 aromatic carbocycles. The lowest BCUT2D eigenvalue weighted by molar-refractivity contribution is -0.122. The largest absolute Gasteiger partial charge is 0.384 e. The van der Waals surface area contributed by atoms with Crippen LogP contribution in [0.3, 0.4) is 0 Å². The third-order valence-corrected chi connectivity index (χ3v) is 4.39. The Morgan fingerprint density at radius 3 is 2.35 bits per heavy atom. The molecular formula is C19H22BrNO2. The van der Waals surface area contributed by atoms with Crippen molar-refractivity contribution in [2.24, 2.45) is 0 Å². The van der Waals surface area contributed by atoms with E-state index < -0.39 is 5.60 Å². The van der Waals surface area contributed by atoms with Crippen molar-refractivity contribution in [3.8, 4) is 0 Å². The highest BCUT2D eigenvalue weighted by molar-refractivity contribution is 9.10. The average molecular weight is 376 g/mol. The molecule has 0 saturated carbocycles. The first kappa shape index (κ1) is 17.7. The van der Waals surface area contributed by atoms with Gasteiger partial charge in [0.15, 0.2) is 0 Å². The van der Waals surface area contributed by atoms with Crippen LogP contribution in [-0.2, 0) is 16.8 Å². The molecule has 0 aliphatic rings. The van der Waals surface area contributed by atoms with Crippen molar-refractivity contribution in [1.82, 2.24) is 5.32 Å². The highest BCUT2D eigenvalue weighted by Gasteiger charge is 2.23. The molecule has 0 aliphatic heterocycles. The molecule has 2 rings (SSSR count). The van der Waals surface area contributed by atoms with E-state index in [1.807, 2.05) is 55.5 Å². The molecule has 0 bridgehead atoms. The lowest BCUT2D eigenvalue weighted by atomic mass is 9.96. The average Bonchev–Trinajstić information content (AvgIpc) is 2.53. The molecule has 3 nitrogen and oxygen atoms in total. The number of hydrogen-bond donors (Lipinski definition) is 2. The van der Waals surface area contributed by atoms with Crippen LogP contribution in [-0.4, -0.2) is 17.6 Å². The summed E-state index contributed by atoms with van der Waals surface area (Å²) in [7, 11) is 0. The molecule has 2 N–H and O–H groups in total. The molecule has 0 saturated heterocycles. The highest BCUT2D eigenvalue weighted by Crippen LogP contribution is 2.21. The van der Waals surface area contributed by atoms with Gasteiger partial charge < -0.3 is 10.4 Å². The molecule has 2 aromatic rings. The summed E-state index contributed by atoms with van der Waals surface area (Å²) in [5.41, 5.74) is 2.05. The van der Waals surface area contributed by atoms with Crippen LogP contribution < -0.4 is 5.32 Å². The van der Waals surface area contributed by atoms with Crippen molar-refractivity contribution in [2.45, 2.75) is 32.3 Å². The Labute approximate surface area is 145 Å². The van der Waals surface area contributed by atoms with E-state index in [1.54, 1.807) is 6.92 Å². The summed E-state index contributed by atoms with van der Waals surface area (Å²) in [5.74, 6) is -0.0528. The van der Waals surface area contributed by atoms with Gasteiger partial charge in [0.1, 0.15) is 5.60 Å². The number of halogens is 1. The molecule has 0 fully saturated rings. The predicted molar refractivity (Wildman–Crippen MR) is 96.2 cm³/mol. The predicted octanol–water partition coefficient (Wildman–Crippen LogP) is 3.71. The molecule has 0 radical (unpaired) electrons. The summed E-state index contributed by atoms with van der Waals surface area (Å²) in [6.07, 6.45) is 1.12. The number of aliphatic hydroxyl groups is 1. The maximum Gasteiger partial charge on any atom is 0.220 e. The van der Waals surface area contributed by atoms with E-state index in [-0.39, 0.29) is 12.5 Å². The Hall–Kier alpha value is -1.65. The Kier molecular flexibility index (Phi) is 5.97. The van der Waals surface area contributed by atoms with E-state index in [0.717, 1.165) is 15.6 Å². The van der Waals surface area contributed by atoms with Crippen molar-refractivity contribution in [2.75, 3.05) is 6.54 Å². The number of carbonyl (C=O) groups is 1.